The zero-order valence-corrected chi connectivity index (χ0v) is 13.8. The molecule has 3 rings (SSSR count). The number of hydrogen-bond acceptors (Lipinski definition) is 4. The predicted molar refractivity (Wildman–Crippen MR) is 98.2 cm³/mol. The lowest BCUT2D eigenvalue weighted by Gasteiger charge is -2.10. The maximum absolute atomic E-state index is 6.13. The van der Waals surface area contributed by atoms with Crippen molar-refractivity contribution in [3.63, 3.8) is 0 Å². The first-order valence-electron chi connectivity index (χ1n) is 7.61. The highest BCUT2D eigenvalue weighted by atomic mass is 35.5. The van der Waals surface area contributed by atoms with Crippen LogP contribution in [0, 0.1) is 0 Å². The Morgan fingerprint density at radius 2 is 1.88 bits per heavy atom. The number of halogens is 1. The Labute approximate surface area is 146 Å². The molecule has 0 amide bonds. The monoisotopic (exact) mass is 339 g/mol. The average molecular weight is 340 g/mol. The minimum Gasteiger partial charge on any atom is -0.487 e. The minimum atomic E-state index is 0.350. The third-order valence-electron chi connectivity index (χ3n) is 3.52. The number of nitrogen functional groups attached to an aromatic ring is 1. The molecule has 5 heteroatoms. The highest BCUT2D eigenvalue weighted by Gasteiger charge is 2.03. The van der Waals surface area contributed by atoms with E-state index in [0.29, 0.717) is 23.1 Å². The Kier molecular flexibility index (Phi) is 5.18. The van der Waals surface area contributed by atoms with Gasteiger partial charge in [-0.3, -0.25) is 0 Å². The van der Waals surface area contributed by atoms with Gasteiger partial charge in [0.05, 0.1) is 6.20 Å². The van der Waals surface area contributed by atoms with E-state index < -0.39 is 0 Å². The van der Waals surface area contributed by atoms with Gasteiger partial charge in [0.2, 0.25) is 0 Å². The van der Waals surface area contributed by atoms with E-state index in [1.165, 1.54) is 5.56 Å². The molecule has 0 saturated carbocycles. The van der Waals surface area contributed by atoms with Crippen molar-refractivity contribution in [3.8, 4) is 5.75 Å². The number of nitrogens with zero attached hydrogens (tertiary/aromatic N) is 1. The summed E-state index contributed by atoms with van der Waals surface area (Å²) in [4.78, 5) is 4.35. The van der Waals surface area contributed by atoms with Crippen LogP contribution >= 0.6 is 11.6 Å². The summed E-state index contributed by atoms with van der Waals surface area (Å²) in [5, 5.41) is 3.91. The van der Waals surface area contributed by atoms with Gasteiger partial charge in [0.1, 0.15) is 18.2 Å². The molecule has 24 heavy (non-hydrogen) atoms. The Bertz CT molecular complexity index is 791. The minimum absolute atomic E-state index is 0.350. The molecule has 0 radical (unpaired) electrons. The van der Waals surface area contributed by atoms with Crippen LogP contribution in [-0.2, 0) is 13.2 Å². The van der Waals surface area contributed by atoms with Crippen LogP contribution in [0.4, 0.5) is 11.5 Å². The number of rotatable bonds is 6. The van der Waals surface area contributed by atoms with Crippen molar-refractivity contribution in [1.82, 2.24) is 4.98 Å². The van der Waals surface area contributed by atoms with Crippen molar-refractivity contribution in [2.45, 2.75) is 13.2 Å². The third-order valence-corrected chi connectivity index (χ3v) is 3.89. The molecule has 122 valence electrons. The average Bonchev–Trinajstić information content (AvgIpc) is 2.62. The number of aromatic nitrogens is 1. The fourth-order valence-corrected chi connectivity index (χ4v) is 2.40. The topological polar surface area (TPSA) is 60.2 Å². The summed E-state index contributed by atoms with van der Waals surface area (Å²) in [5.41, 5.74) is 8.48. The van der Waals surface area contributed by atoms with Crippen LogP contribution in [-0.4, -0.2) is 4.98 Å². The molecular weight excluding hydrogens is 322 g/mol. The second-order valence-electron chi connectivity index (χ2n) is 5.36. The van der Waals surface area contributed by atoms with Gasteiger partial charge in [-0.1, -0.05) is 41.9 Å². The third kappa shape index (κ3) is 4.40. The van der Waals surface area contributed by atoms with E-state index >= 15 is 0 Å². The van der Waals surface area contributed by atoms with Crippen molar-refractivity contribution in [2.75, 3.05) is 11.1 Å². The van der Waals surface area contributed by atoms with E-state index in [-0.39, 0.29) is 0 Å². The van der Waals surface area contributed by atoms with Gasteiger partial charge in [0.15, 0.2) is 0 Å². The van der Waals surface area contributed by atoms with Gasteiger partial charge in [-0.05, 0) is 35.9 Å². The second kappa shape index (κ2) is 7.70. The lowest BCUT2D eigenvalue weighted by Crippen LogP contribution is -2.02. The Hall–Kier alpha value is -2.72. The standard InChI is InChI=1S/C19H18ClN3O/c20-18-8-6-16(21)10-15(18)13-24-17-7-9-19(23-12-17)22-11-14-4-2-1-3-5-14/h1-10,12H,11,13,21H2,(H,22,23). The summed E-state index contributed by atoms with van der Waals surface area (Å²) < 4.78 is 5.72. The lowest BCUT2D eigenvalue weighted by molar-refractivity contribution is 0.305. The first-order chi connectivity index (χ1) is 11.7. The number of anilines is 2. The van der Waals surface area contributed by atoms with Crippen molar-refractivity contribution in [1.29, 1.82) is 0 Å². The van der Waals surface area contributed by atoms with Crippen LogP contribution < -0.4 is 15.8 Å². The molecule has 0 atom stereocenters. The molecule has 1 heterocycles. The van der Waals surface area contributed by atoms with Gasteiger partial charge in [-0.2, -0.15) is 0 Å². The summed E-state index contributed by atoms with van der Waals surface area (Å²) >= 11 is 6.13. The summed E-state index contributed by atoms with van der Waals surface area (Å²) in [6.45, 7) is 1.08. The second-order valence-corrected chi connectivity index (χ2v) is 5.77. The SMILES string of the molecule is Nc1ccc(Cl)c(COc2ccc(NCc3ccccc3)nc2)c1. The fourth-order valence-electron chi connectivity index (χ4n) is 2.23. The number of pyridine rings is 1. The van der Waals surface area contributed by atoms with E-state index in [2.05, 4.69) is 22.4 Å². The number of benzene rings is 2. The van der Waals surface area contributed by atoms with E-state index in [9.17, 15) is 0 Å². The summed E-state index contributed by atoms with van der Waals surface area (Å²) in [6.07, 6.45) is 1.69. The van der Waals surface area contributed by atoms with Gasteiger partial charge in [0, 0.05) is 22.8 Å². The molecular formula is C19H18ClN3O. The quantitative estimate of drug-likeness (QED) is 0.649. The molecule has 2 aromatic carbocycles. The van der Waals surface area contributed by atoms with Crippen LogP contribution in [0.2, 0.25) is 5.02 Å². The Morgan fingerprint density at radius 3 is 2.62 bits per heavy atom. The lowest BCUT2D eigenvalue weighted by atomic mass is 10.2. The first-order valence-corrected chi connectivity index (χ1v) is 7.99. The van der Waals surface area contributed by atoms with Gasteiger partial charge in [-0.15, -0.1) is 0 Å². The van der Waals surface area contributed by atoms with Gasteiger partial charge < -0.3 is 15.8 Å². The molecule has 0 spiro atoms. The highest BCUT2D eigenvalue weighted by molar-refractivity contribution is 6.31. The van der Waals surface area contributed by atoms with E-state index in [4.69, 9.17) is 22.1 Å². The summed E-state index contributed by atoms with van der Waals surface area (Å²) in [5.74, 6) is 1.48. The van der Waals surface area contributed by atoms with Gasteiger partial charge >= 0.3 is 0 Å². The summed E-state index contributed by atoms with van der Waals surface area (Å²) in [7, 11) is 0. The zero-order valence-electron chi connectivity index (χ0n) is 13.1. The maximum atomic E-state index is 6.13. The molecule has 0 saturated heterocycles. The molecule has 0 aliphatic heterocycles. The van der Waals surface area contributed by atoms with Crippen LogP contribution in [0.5, 0.6) is 5.75 Å². The van der Waals surface area contributed by atoms with Crippen LogP contribution in [0.1, 0.15) is 11.1 Å². The molecule has 3 N–H and O–H groups in total. The number of nitrogens with two attached hydrogens (primary N) is 1. The van der Waals surface area contributed by atoms with Gasteiger partial charge in [0.25, 0.3) is 0 Å². The van der Waals surface area contributed by atoms with Crippen LogP contribution in [0.25, 0.3) is 0 Å². The number of hydrogen-bond donors (Lipinski definition) is 2. The molecule has 1 aromatic heterocycles. The molecule has 3 aromatic rings. The Morgan fingerprint density at radius 1 is 1.04 bits per heavy atom. The summed E-state index contributed by atoms with van der Waals surface area (Å²) in [6, 6.07) is 19.3. The molecule has 0 aliphatic carbocycles. The van der Waals surface area contributed by atoms with E-state index in [1.807, 2.05) is 36.4 Å². The van der Waals surface area contributed by atoms with Crippen molar-refractivity contribution in [3.05, 3.63) is 83.0 Å². The predicted octanol–water partition coefficient (Wildman–Crippen LogP) is 4.51. The van der Waals surface area contributed by atoms with Crippen LogP contribution in [0.3, 0.4) is 0 Å². The van der Waals surface area contributed by atoms with Crippen molar-refractivity contribution < 1.29 is 4.74 Å². The molecule has 0 fully saturated rings. The maximum Gasteiger partial charge on any atom is 0.138 e. The highest BCUT2D eigenvalue weighted by Crippen LogP contribution is 2.21. The number of ether oxygens (including phenoxy) is 1. The van der Waals surface area contributed by atoms with E-state index in [1.54, 1.807) is 18.3 Å². The molecule has 4 nitrogen and oxygen atoms in total. The fraction of sp³-hybridized carbons (Fsp3) is 0.105. The van der Waals surface area contributed by atoms with Crippen LogP contribution in [0.15, 0.2) is 66.9 Å². The Balaban J connectivity index is 1.55. The smallest absolute Gasteiger partial charge is 0.138 e. The molecule has 0 unspecified atom stereocenters. The number of nitrogens with one attached hydrogen (secondary N) is 1. The van der Waals surface area contributed by atoms with E-state index in [0.717, 1.165) is 17.9 Å². The largest absolute Gasteiger partial charge is 0.487 e. The molecule has 0 bridgehead atoms. The van der Waals surface area contributed by atoms with Crippen molar-refractivity contribution in [2.24, 2.45) is 0 Å². The molecule has 0 aliphatic rings. The first kappa shape index (κ1) is 16.1. The van der Waals surface area contributed by atoms with Crippen molar-refractivity contribution >= 4 is 23.1 Å². The zero-order chi connectivity index (χ0) is 16.8. The van der Waals surface area contributed by atoms with Gasteiger partial charge in [-0.25, -0.2) is 4.98 Å². The normalized spacial score (nSPS) is 10.4.